The molecule has 108 valence electrons. The van der Waals surface area contributed by atoms with E-state index in [9.17, 15) is 13.2 Å². The minimum absolute atomic E-state index is 0.00664. The summed E-state index contributed by atoms with van der Waals surface area (Å²) in [5.41, 5.74) is 0.653. The third-order valence-corrected chi connectivity index (χ3v) is 4.42. The molecule has 0 amide bonds. The Bertz CT molecular complexity index is 536. The molecule has 8 heteroatoms. The SMILES string of the molecule is CCCS(=O)(=O)CCn1nnc(C(=O)OCC)c1C. The molecule has 0 saturated heterocycles. The lowest BCUT2D eigenvalue weighted by atomic mass is 10.3. The first-order chi connectivity index (χ1) is 8.91. The Kier molecular flexibility index (Phi) is 5.46. The predicted molar refractivity (Wildman–Crippen MR) is 69.7 cm³/mol. The molecule has 0 N–H and O–H groups in total. The van der Waals surface area contributed by atoms with Gasteiger partial charge in [0.1, 0.15) is 0 Å². The molecule has 0 aromatic carbocycles. The van der Waals surface area contributed by atoms with E-state index in [-0.39, 0.29) is 30.4 Å². The van der Waals surface area contributed by atoms with Crippen LogP contribution in [0.3, 0.4) is 0 Å². The molecule has 0 saturated carbocycles. The second-order valence-corrected chi connectivity index (χ2v) is 6.42. The van der Waals surface area contributed by atoms with Crippen molar-refractivity contribution in [1.29, 1.82) is 0 Å². The zero-order valence-corrected chi connectivity index (χ0v) is 12.2. The van der Waals surface area contributed by atoms with Gasteiger partial charge in [0.2, 0.25) is 0 Å². The summed E-state index contributed by atoms with van der Waals surface area (Å²) in [5, 5.41) is 7.51. The van der Waals surface area contributed by atoms with E-state index in [1.165, 1.54) is 4.68 Å². The Morgan fingerprint density at radius 1 is 1.32 bits per heavy atom. The highest BCUT2D eigenvalue weighted by Crippen LogP contribution is 2.06. The highest BCUT2D eigenvalue weighted by atomic mass is 32.2. The molecule has 7 nitrogen and oxygen atoms in total. The van der Waals surface area contributed by atoms with Gasteiger partial charge in [0.15, 0.2) is 15.5 Å². The van der Waals surface area contributed by atoms with Crippen LogP contribution in [0.4, 0.5) is 0 Å². The van der Waals surface area contributed by atoms with Gasteiger partial charge in [-0.15, -0.1) is 5.10 Å². The molecule has 0 aliphatic carbocycles. The van der Waals surface area contributed by atoms with Gasteiger partial charge in [-0.1, -0.05) is 12.1 Å². The van der Waals surface area contributed by atoms with Crippen LogP contribution >= 0.6 is 0 Å². The van der Waals surface area contributed by atoms with Gasteiger partial charge in [-0.2, -0.15) is 0 Å². The summed E-state index contributed by atoms with van der Waals surface area (Å²) < 4.78 is 29.5. The molecule has 1 aromatic rings. The minimum Gasteiger partial charge on any atom is -0.461 e. The fourth-order valence-corrected chi connectivity index (χ4v) is 2.88. The fourth-order valence-electron chi connectivity index (χ4n) is 1.60. The van der Waals surface area contributed by atoms with Gasteiger partial charge in [-0.05, 0) is 20.3 Å². The minimum atomic E-state index is -3.07. The van der Waals surface area contributed by atoms with Crippen molar-refractivity contribution < 1.29 is 17.9 Å². The van der Waals surface area contributed by atoms with Crippen molar-refractivity contribution in [3.63, 3.8) is 0 Å². The number of ether oxygens (including phenoxy) is 1. The molecule has 0 fully saturated rings. The maximum atomic E-state index is 11.6. The van der Waals surface area contributed by atoms with Gasteiger partial charge in [-0.3, -0.25) is 0 Å². The molecule has 0 spiro atoms. The Morgan fingerprint density at radius 3 is 2.58 bits per heavy atom. The summed E-state index contributed by atoms with van der Waals surface area (Å²) in [7, 11) is -3.07. The van der Waals surface area contributed by atoms with E-state index in [1.54, 1.807) is 13.8 Å². The van der Waals surface area contributed by atoms with Crippen molar-refractivity contribution in [2.24, 2.45) is 0 Å². The lowest BCUT2D eigenvalue weighted by Crippen LogP contribution is -2.17. The molecular weight excluding hydrogens is 270 g/mol. The second kappa shape index (κ2) is 6.65. The largest absolute Gasteiger partial charge is 0.461 e. The zero-order chi connectivity index (χ0) is 14.5. The monoisotopic (exact) mass is 289 g/mol. The van der Waals surface area contributed by atoms with Crippen LogP contribution in [0.15, 0.2) is 0 Å². The molecule has 1 aromatic heterocycles. The lowest BCUT2D eigenvalue weighted by Gasteiger charge is -2.04. The van der Waals surface area contributed by atoms with E-state index in [1.807, 2.05) is 6.92 Å². The number of carbonyl (C=O) groups excluding carboxylic acids is 1. The van der Waals surface area contributed by atoms with Gasteiger partial charge < -0.3 is 4.74 Å². The summed E-state index contributed by atoms with van der Waals surface area (Å²) in [4.78, 5) is 11.5. The maximum Gasteiger partial charge on any atom is 0.360 e. The molecule has 1 rings (SSSR count). The zero-order valence-electron chi connectivity index (χ0n) is 11.4. The van der Waals surface area contributed by atoms with Crippen LogP contribution in [-0.2, 0) is 21.1 Å². The number of aromatic nitrogens is 3. The van der Waals surface area contributed by atoms with Crippen molar-refractivity contribution in [2.75, 3.05) is 18.1 Å². The Balaban J connectivity index is 2.74. The summed E-state index contributed by atoms with van der Waals surface area (Å²) in [6.45, 7) is 5.64. The number of esters is 1. The summed E-state index contributed by atoms with van der Waals surface area (Å²) >= 11 is 0. The van der Waals surface area contributed by atoms with Gasteiger partial charge >= 0.3 is 5.97 Å². The van der Waals surface area contributed by atoms with E-state index < -0.39 is 15.8 Å². The molecule has 0 radical (unpaired) electrons. The van der Waals surface area contributed by atoms with E-state index in [0.717, 1.165) is 0 Å². The number of hydrogen-bond acceptors (Lipinski definition) is 6. The summed E-state index contributed by atoms with van der Waals surface area (Å²) in [6, 6.07) is 0. The molecule has 0 aliphatic heterocycles. The number of nitrogens with zero attached hydrogens (tertiary/aromatic N) is 3. The highest BCUT2D eigenvalue weighted by molar-refractivity contribution is 7.91. The average Bonchev–Trinajstić information content (AvgIpc) is 2.68. The van der Waals surface area contributed by atoms with Crippen LogP contribution in [0.1, 0.15) is 36.5 Å². The molecule has 19 heavy (non-hydrogen) atoms. The van der Waals surface area contributed by atoms with E-state index in [0.29, 0.717) is 12.1 Å². The van der Waals surface area contributed by atoms with Crippen LogP contribution in [0.5, 0.6) is 0 Å². The smallest absolute Gasteiger partial charge is 0.360 e. The summed E-state index contributed by atoms with van der Waals surface area (Å²) in [6.07, 6.45) is 0.590. The Morgan fingerprint density at radius 2 is 2.00 bits per heavy atom. The first kappa shape index (κ1) is 15.6. The average molecular weight is 289 g/mol. The van der Waals surface area contributed by atoms with Gasteiger partial charge in [0.05, 0.1) is 24.6 Å². The quantitative estimate of drug-likeness (QED) is 0.682. The van der Waals surface area contributed by atoms with Gasteiger partial charge in [0, 0.05) is 5.75 Å². The van der Waals surface area contributed by atoms with Crippen molar-refractivity contribution in [3.8, 4) is 0 Å². The van der Waals surface area contributed by atoms with E-state index in [2.05, 4.69) is 10.3 Å². The molecule has 0 unspecified atom stereocenters. The topological polar surface area (TPSA) is 91.1 Å². The van der Waals surface area contributed by atoms with Crippen LogP contribution < -0.4 is 0 Å². The Hall–Kier alpha value is -1.44. The molecule has 0 bridgehead atoms. The number of aryl methyl sites for hydroxylation is 1. The third kappa shape index (κ3) is 4.30. The van der Waals surface area contributed by atoms with E-state index in [4.69, 9.17) is 4.74 Å². The predicted octanol–water partition coefficient (Wildman–Crippen LogP) is 0.588. The van der Waals surface area contributed by atoms with E-state index >= 15 is 0 Å². The fraction of sp³-hybridized carbons (Fsp3) is 0.727. The van der Waals surface area contributed by atoms with Crippen molar-refractivity contribution in [2.45, 2.75) is 33.7 Å². The second-order valence-electron chi connectivity index (χ2n) is 4.12. The normalized spacial score (nSPS) is 11.5. The molecular formula is C11H19N3O4S. The third-order valence-electron chi connectivity index (χ3n) is 2.58. The van der Waals surface area contributed by atoms with Crippen LogP contribution in [0, 0.1) is 6.92 Å². The van der Waals surface area contributed by atoms with Crippen LogP contribution in [-0.4, -0.2) is 47.5 Å². The summed E-state index contributed by atoms with van der Waals surface area (Å²) in [5.74, 6) is -0.388. The molecule has 1 heterocycles. The first-order valence-electron chi connectivity index (χ1n) is 6.19. The van der Waals surface area contributed by atoms with Crippen molar-refractivity contribution in [3.05, 3.63) is 11.4 Å². The maximum absolute atomic E-state index is 11.6. The van der Waals surface area contributed by atoms with Crippen molar-refractivity contribution >= 4 is 15.8 Å². The number of hydrogen-bond donors (Lipinski definition) is 0. The number of sulfone groups is 1. The molecule has 0 aliphatic rings. The van der Waals surface area contributed by atoms with Crippen LogP contribution in [0.2, 0.25) is 0 Å². The van der Waals surface area contributed by atoms with Crippen molar-refractivity contribution in [1.82, 2.24) is 15.0 Å². The molecule has 0 atom stereocenters. The number of rotatable bonds is 7. The highest BCUT2D eigenvalue weighted by Gasteiger charge is 2.18. The standard InChI is InChI=1S/C11H19N3O4S/c1-4-7-19(16,17)8-6-14-9(3)10(12-13-14)11(15)18-5-2/h4-8H2,1-3H3. The number of carbonyl (C=O) groups is 1. The van der Waals surface area contributed by atoms with Gasteiger partial charge in [-0.25, -0.2) is 17.9 Å². The van der Waals surface area contributed by atoms with Gasteiger partial charge in [0.25, 0.3) is 0 Å². The van der Waals surface area contributed by atoms with Crippen LogP contribution in [0.25, 0.3) is 0 Å². The first-order valence-corrected chi connectivity index (χ1v) is 8.01. The lowest BCUT2D eigenvalue weighted by molar-refractivity contribution is 0.0518. The Labute approximate surface area is 112 Å².